The highest BCUT2D eigenvalue weighted by Crippen LogP contribution is 2.21. The number of aromatic amines is 1. The number of H-pyrrole nitrogens is 1. The van der Waals surface area contributed by atoms with E-state index < -0.39 is 0 Å². The monoisotopic (exact) mass is 181 g/mol. The van der Waals surface area contributed by atoms with E-state index in [2.05, 4.69) is 23.7 Å². The highest BCUT2D eigenvalue weighted by Gasteiger charge is 2.11. The summed E-state index contributed by atoms with van der Waals surface area (Å²) in [5.41, 5.74) is 4.41. The van der Waals surface area contributed by atoms with Crippen LogP contribution in [-0.4, -0.2) is 10.7 Å². The summed E-state index contributed by atoms with van der Waals surface area (Å²) in [5.74, 6) is 0.944. The molecular weight excluding hydrogens is 166 g/mol. The highest BCUT2D eigenvalue weighted by molar-refractivity contribution is 7.80. The molecule has 1 heterocycles. The second-order valence-corrected chi connectivity index (χ2v) is 3.93. The smallest absolute Gasteiger partial charge is 0.0181 e. The van der Waals surface area contributed by atoms with Crippen LogP contribution in [0.25, 0.3) is 0 Å². The number of hydrogen-bond donors (Lipinski definition) is 2. The first kappa shape index (κ1) is 8.24. The average molecular weight is 181 g/mol. The third-order valence-electron chi connectivity index (χ3n) is 2.55. The fraction of sp³-hybridized carbons (Fsp3) is 0.600. The van der Waals surface area contributed by atoms with E-state index >= 15 is 0 Å². The van der Waals surface area contributed by atoms with Crippen molar-refractivity contribution in [2.24, 2.45) is 0 Å². The molecular formula is C10H15NS. The normalized spacial score (nSPS) is 16.1. The minimum atomic E-state index is 0.944. The van der Waals surface area contributed by atoms with Gasteiger partial charge >= 0.3 is 0 Å². The van der Waals surface area contributed by atoms with E-state index in [9.17, 15) is 0 Å². The lowest BCUT2D eigenvalue weighted by Crippen LogP contribution is -1.99. The van der Waals surface area contributed by atoms with Gasteiger partial charge in [0, 0.05) is 11.4 Å². The maximum atomic E-state index is 4.23. The van der Waals surface area contributed by atoms with E-state index in [0.29, 0.717) is 0 Å². The Morgan fingerprint density at radius 3 is 2.92 bits per heavy atom. The zero-order valence-electron chi connectivity index (χ0n) is 7.27. The van der Waals surface area contributed by atoms with Gasteiger partial charge in [-0.25, -0.2) is 0 Å². The van der Waals surface area contributed by atoms with Crippen LogP contribution in [0.2, 0.25) is 0 Å². The molecule has 1 N–H and O–H groups in total. The summed E-state index contributed by atoms with van der Waals surface area (Å²) in [6.07, 6.45) is 6.33. The van der Waals surface area contributed by atoms with Crippen LogP contribution in [0.3, 0.4) is 0 Å². The highest BCUT2D eigenvalue weighted by atomic mass is 32.1. The van der Waals surface area contributed by atoms with Crippen LogP contribution in [0.5, 0.6) is 0 Å². The van der Waals surface area contributed by atoms with Gasteiger partial charge in [-0.3, -0.25) is 0 Å². The van der Waals surface area contributed by atoms with Crippen LogP contribution in [0.15, 0.2) is 6.07 Å². The third-order valence-corrected chi connectivity index (χ3v) is 2.78. The quantitative estimate of drug-likeness (QED) is 0.652. The molecule has 0 fully saturated rings. The Morgan fingerprint density at radius 2 is 2.17 bits per heavy atom. The number of hydrogen-bond acceptors (Lipinski definition) is 1. The first-order chi connectivity index (χ1) is 5.90. The molecule has 1 aliphatic rings. The number of thiol groups is 1. The van der Waals surface area contributed by atoms with E-state index in [4.69, 9.17) is 0 Å². The van der Waals surface area contributed by atoms with Crippen molar-refractivity contribution in [1.82, 2.24) is 4.98 Å². The Kier molecular flexibility index (Phi) is 2.45. The summed E-state index contributed by atoms with van der Waals surface area (Å²) in [5, 5.41) is 0. The first-order valence-electron chi connectivity index (χ1n) is 4.70. The molecule has 1 aromatic heterocycles. The molecule has 2 rings (SSSR count). The van der Waals surface area contributed by atoms with Crippen molar-refractivity contribution in [3.8, 4) is 0 Å². The van der Waals surface area contributed by atoms with Crippen LogP contribution < -0.4 is 0 Å². The van der Waals surface area contributed by atoms with Crippen LogP contribution in [0.4, 0.5) is 0 Å². The molecule has 0 saturated heterocycles. The zero-order chi connectivity index (χ0) is 8.39. The molecule has 1 nitrogen and oxygen atoms in total. The second-order valence-electron chi connectivity index (χ2n) is 3.48. The van der Waals surface area contributed by atoms with E-state index in [1.165, 1.54) is 37.1 Å². The molecule has 1 aromatic rings. The number of aromatic nitrogens is 1. The summed E-state index contributed by atoms with van der Waals surface area (Å²) in [7, 11) is 0. The molecule has 1 aliphatic carbocycles. The molecule has 0 radical (unpaired) electrons. The standard InChI is InChI=1S/C10H15NS/c12-6-5-9-7-8-3-1-2-4-10(8)11-9/h7,11-12H,1-6H2. The summed E-state index contributed by atoms with van der Waals surface area (Å²) < 4.78 is 0. The number of rotatable bonds is 2. The van der Waals surface area contributed by atoms with Gasteiger partial charge in [0.2, 0.25) is 0 Å². The lowest BCUT2D eigenvalue weighted by atomic mass is 9.98. The van der Waals surface area contributed by atoms with E-state index in [0.717, 1.165) is 12.2 Å². The molecule has 0 atom stereocenters. The molecule has 66 valence electrons. The summed E-state index contributed by atoms with van der Waals surface area (Å²) in [4.78, 5) is 3.49. The molecule has 0 aliphatic heterocycles. The maximum Gasteiger partial charge on any atom is 0.0181 e. The maximum absolute atomic E-state index is 4.23. The van der Waals surface area contributed by atoms with Gasteiger partial charge < -0.3 is 4.98 Å². The van der Waals surface area contributed by atoms with Gasteiger partial charge in [-0.15, -0.1) is 0 Å². The van der Waals surface area contributed by atoms with Gasteiger partial charge in [-0.2, -0.15) is 12.6 Å². The van der Waals surface area contributed by atoms with Crippen molar-refractivity contribution >= 4 is 12.6 Å². The van der Waals surface area contributed by atoms with Gasteiger partial charge in [0.1, 0.15) is 0 Å². The number of aryl methyl sites for hydroxylation is 3. The van der Waals surface area contributed by atoms with E-state index in [-0.39, 0.29) is 0 Å². The van der Waals surface area contributed by atoms with Crippen molar-refractivity contribution in [1.29, 1.82) is 0 Å². The lowest BCUT2D eigenvalue weighted by molar-refractivity contribution is 0.676. The van der Waals surface area contributed by atoms with Gasteiger partial charge in [-0.1, -0.05) is 0 Å². The molecule has 0 aromatic carbocycles. The summed E-state index contributed by atoms with van der Waals surface area (Å²) in [6.45, 7) is 0. The lowest BCUT2D eigenvalue weighted by Gasteiger charge is -2.09. The Labute approximate surface area is 79.0 Å². The summed E-state index contributed by atoms with van der Waals surface area (Å²) >= 11 is 4.23. The van der Waals surface area contributed by atoms with Crippen LogP contribution >= 0.6 is 12.6 Å². The minimum Gasteiger partial charge on any atom is -0.362 e. The predicted molar refractivity (Wildman–Crippen MR) is 55.0 cm³/mol. The number of nitrogens with one attached hydrogen (secondary N) is 1. The van der Waals surface area contributed by atoms with E-state index in [1.807, 2.05) is 0 Å². The second kappa shape index (κ2) is 3.56. The topological polar surface area (TPSA) is 15.8 Å². The van der Waals surface area contributed by atoms with Gasteiger partial charge in [0.25, 0.3) is 0 Å². The Morgan fingerprint density at radius 1 is 1.33 bits per heavy atom. The average Bonchev–Trinajstić information content (AvgIpc) is 2.47. The van der Waals surface area contributed by atoms with Crippen molar-refractivity contribution in [2.75, 3.05) is 5.75 Å². The van der Waals surface area contributed by atoms with Crippen molar-refractivity contribution in [3.05, 3.63) is 23.0 Å². The third kappa shape index (κ3) is 1.53. The molecule has 0 amide bonds. The largest absolute Gasteiger partial charge is 0.362 e. The molecule has 2 heteroatoms. The van der Waals surface area contributed by atoms with Crippen molar-refractivity contribution < 1.29 is 0 Å². The first-order valence-corrected chi connectivity index (χ1v) is 5.34. The molecule has 12 heavy (non-hydrogen) atoms. The molecule has 0 bridgehead atoms. The van der Waals surface area contributed by atoms with Gasteiger partial charge in [0.05, 0.1) is 0 Å². The number of fused-ring (bicyclic) bond motifs is 1. The summed E-state index contributed by atoms with van der Waals surface area (Å²) in [6, 6.07) is 2.32. The van der Waals surface area contributed by atoms with Crippen LogP contribution in [-0.2, 0) is 19.3 Å². The minimum absolute atomic E-state index is 0.944. The molecule has 0 spiro atoms. The van der Waals surface area contributed by atoms with Crippen molar-refractivity contribution in [2.45, 2.75) is 32.1 Å². The molecule has 0 saturated carbocycles. The van der Waals surface area contributed by atoms with Crippen LogP contribution in [0, 0.1) is 0 Å². The van der Waals surface area contributed by atoms with Gasteiger partial charge in [0.15, 0.2) is 0 Å². The zero-order valence-corrected chi connectivity index (χ0v) is 8.16. The fourth-order valence-electron chi connectivity index (χ4n) is 1.93. The van der Waals surface area contributed by atoms with Crippen molar-refractivity contribution in [3.63, 3.8) is 0 Å². The SMILES string of the molecule is SCCc1cc2c([nH]1)CCCC2. The predicted octanol–water partition coefficient (Wildman–Crippen LogP) is 2.37. The Hall–Kier alpha value is -0.370. The Bertz CT molecular complexity index is 241. The Balaban J connectivity index is 2.20. The van der Waals surface area contributed by atoms with Crippen LogP contribution in [0.1, 0.15) is 29.8 Å². The fourth-order valence-corrected chi connectivity index (χ4v) is 2.17. The molecule has 0 unspecified atom stereocenters. The van der Waals surface area contributed by atoms with E-state index in [1.54, 1.807) is 5.56 Å². The van der Waals surface area contributed by atoms with Gasteiger partial charge in [-0.05, 0) is 49.5 Å².